The highest BCUT2D eigenvalue weighted by molar-refractivity contribution is 5.76. The maximum Gasteiger partial charge on any atom is 0.123 e. The van der Waals surface area contributed by atoms with Crippen molar-refractivity contribution in [2.45, 2.75) is 26.2 Å². The van der Waals surface area contributed by atoms with Gasteiger partial charge in [-0.25, -0.2) is 4.39 Å². The van der Waals surface area contributed by atoms with Crippen molar-refractivity contribution in [2.24, 2.45) is 5.73 Å². The van der Waals surface area contributed by atoms with Crippen molar-refractivity contribution in [3.8, 4) is 0 Å². The minimum Gasteiger partial charge on any atom is -0.388 e. The zero-order chi connectivity index (χ0) is 12.7. The third-order valence-corrected chi connectivity index (χ3v) is 2.70. The SMILES string of the molecule is CCN(CCCCC(=N)N)c1ccc(F)cc1. The fourth-order valence-electron chi connectivity index (χ4n) is 1.74. The van der Waals surface area contributed by atoms with Gasteiger partial charge in [-0.15, -0.1) is 0 Å². The molecule has 0 fully saturated rings. The topological polar surface area (TPSA) is 53.1 Å². The maximum atomic E-state index is 12.8. The lowest BCUT2D eigenvalue weighted by Crippen LogP contribution is -2.24. The second-order valence-corrected chi connectivity index (χ2v) is 4.04. The molecule has 0 aliphatic carbocycles. The van der Waals surface area contributed by atoms with Crippen LogP contribution in [0.15, 0.2) is 24.3 Å². The van der Waals surface area contributed by atoms with Crippen molar-refractivity contribution in [2.75, 3.05) is 18.0 Å². The van der Waals surface area contributed by atoms with E-state index in [1.807, 2.05) is 0 Å². The molecule has 3 nitrogen and oxygen atoms in total. The van der Waals surface area contributed by atoms with Gasteiger partial charge >= 0.3 is 0 Å². The molecule has 1 aromatic carbocycles. The Labute approximate surface area is 102 Å². The van der Waals surface area contributed by atoms with Gasteiger partial charge in [0.15, 0.2) is 0 Å². The Kier molecular flexibility index (Phi) is 5.46. The Morgan fingerprint density at radius 1 is 1.29 bits per heavy atom. The van der Waals surface area contributed by atoms with E-state index in [-0.39, 0.29) is 11.7 Å². The molecule has 0 heterocycles. The number of nitrogens with one attached hydrogen (secondary N) is 1. The molecule has 4 heteroatoms. The summed E-state index contributed by atoms with van der Waals surface area (Å²) in [5, 5.41) is 7.14. The van der Waals surface area contributed by atoms with Crippen LogP contribution in [0.25, 0.3) is 0 Å². The molecule has 0 atom stereocenters. The number of benzene rings is 1. The fourth-order valence-corrected chi connectivity index (χ4v) is 1.74. The minimum absolute atomic E-state index is 0.207. The van der Waals surface area contributed by atoms with Gasteiger partial charge in [0, 0.05) is 25.2 Å². The van der Waals surface area contributed by atoms with Gasteiger partial charge in [0.1, 0.15) is 5.82 Å². The molecule has 0 spiro atoms. The highest BCUT2D eigenvalue weighted by atomic mass is 19.1. The molecule has 0 saturated heterocycles. The number of amidine groups is 1. The third-order valence-electron chi connectivity index (χ3n) is 2.70. The van der Waals surface area contributed by atoms with Gasteiger partial charge in [-0.2, -0.15) is 0 Å². The average Bonchev–Trinajstić information content (AvgIpc) is 2.30. The molecule has 94 valence electrons. The van der Waals surface area contributed by atoms with E-state index in [0.717, 1.165) is 31.6 Å². The van der Waals surface area contributed by atoms with Crippen LogP contribution in [0.4, 0.5) is 10.1 Å². The Morgan fingerprint density at radius 3 is 2.47 bits per heavy atom. The van der Waals surface area contributed by atoms with Crippen LogP contribution >= 0.6 is 0 Å². The molecule has 17 heavy (non-hydrogen) atoms. The van der Waals surface area contributed by atoms with Gasteiger partial charge in [0.25, 0.3) is 0 Å². The number of anilines is 1. The second kappa shape index (κ2) is 6.89. The predicted octanol–water partition coefficient (Wildman–Crippen LogP) is 2.76. The van der Waals surface area contributed by atoms with Crippen molar-refractivity contribution < 1.29 is 4.39 Å². The van der Waals surface area contributed by atoms with E-state index >= 15 is 0 Å². The molecule has 3 N–H and O–H groups in total. The first-order valence-corrected chi connectivity index (χ1v) is 5.97. The van der Waals surface area contributed by atoms with Gasteiger partial charge in [0.2, 0.25) is 0 Å². The fraction of sp³-hybridized carbons (Fsp3) is 0.462. The van der Waals surface area contributed by atoms with Crippen molar-refractivity contribution in [3.05, 3.63) is 30.1 Å². The van der Waals surface area contributed by atoms with Crippen LogP contribution in [0, 0.1) is 11.2 Å². The second-order valence-electron chi connectivity index (χ2n) is 4.04. The van der Waals surface area contributed by atoms with Crippen LogP contribution in [0.2, 0.25) is 0 Å². The number of hydrogen-bond donors (Lipinski definition) is 2. The zero-order valence-electron chi connectivity index (χ0n) is 10.2. The van der Waals surface area contributed by atoms with Crippen molar-refractivity contribution in [3.63, 3.8) is 0 Å². The first-order valence-electron chi connectivity index (χ1n) is 5.97. The number of hydrogen-bond acceptors (Lipinski definition) is 2. The van der Waals surface area contributed by atoms with Gasteiger partial charge in [-0.3, -0.25) is 5.41 Å². The molecule has 0 aromatic heterocycles. The van der Waals surface area contributed by atoms with Crippen LogP contribution < -0.4 is 10.6 Å². The molecule has 0 amide bonds. The monoisotopic (exact) mass is 237 g/mol. The Hall–Kier alpha value is -1.58. The van der Waals surface area contributed by atoms with Crippen molar-refractivity contribution in [1.29, 1.82) is 5.41 Å². The van der Waals surface area contributed by atoms with Gasteiger partial charge in [-0.1, -0.05) is 0 Å². The Bertz CT molecular complexity index is 348. The molecular weight excluding hydrogens is 217 g/mol. The number of halogens is 1. The van der Waals surface area contributed by atoms with Crippen molar-refractivity contribution in [1.82, 2.24) is 0 Å². The van der Waals surface area contributed by atoms with Crippen LogP contribution in [-0.2, 0) is 0 Å². The summed E-state index contributed by atoms with van der Waals surface area (Å²) in [6.07, 6.45) is 2.57. The lowest BCUT2D eigenvalue weighted by Gasteiger charge is -2.23. The number of unbranched alkanes of at least 4 members (excludes halogenated alkanes) is 1. The molecule has 0 aliphatic heterocycles. The maximum absolute atomic E-state index is 12.8. The summed E-state index contributed by atoms with van der Waals surface area (Å²) in [7, 11) is 0. The van der Waals surface area contributed by atoms with E-state index in [1.54, 1.807) is 12.1 Å². The summed E-state index contributed by atoms with van der Waals surface area (Å²) in [6, 6.07) is 6.55. The summed E-state index contributed by atoms with van der Waals surface area (Å²) < 4.78 is 12.8. The molecule has 1 rings (SSSR count). The van der Waals surface area contributed by atoms with E-state index in [1.165, 1.54) is 12.1 Å². The molecule has 0 bridgehead atoms. The first kappa shape index (κ1) is 13.5. The minimum atomic E-state index is -0.207. The van der Waals surface area contributed by atoms with Gasteiger partial charge in [-0.05, 0) is 44.0 Å². The molecule has 0 unspecified atom stereocenters. The standard InChI is InChI=1S/C13H20FN3/c1-2-17(10-4-3-5-13(15)16)12-8-6-11(14)7-9-12/h6-9H,2-5,10H2,1H3,(H3,15,16). The molecule has 1 aromatic rings. The van der Waals surface area contributed by atoms with E-state index in [2.05, 4.69) is 11.8 Å². The van der Waals surface area contributed by atoms with Crippen LogP contribution in [0.3, 0.4) is 0 Å². The molecule has 0 saturated carbocycles. The average molecular weight is 237 g/mol. The number of rotatable bonds is 7. The van der Waals surface area contributed by atoms with E-state index in [9.17, 15) is 4.39 Å². The molecular formula is C13H20FN3. The lowest BCUT2D eigenvalue weighted by atomic mass is 10.2. The highest BCUT2D eigenvalue weighted by Crippen LogP contribution is 2.15. The summed E-state index contributed by atoms with van der Waals surface area (Å²) in [6.45, 7) is 3.88. The van der Waals surface area contributed by atoms with Crippen LogP contribution in [0.1, 0.15) is 26.2 Å². The molecule has 0 aliphatic rings. The summed E-state index contributed by atoms with van der Waals surface area (Å²) in [5.41, 5.74) is 6.34. The first-order chi connectivity index (χ1) is 8.13. The normalized spacial score (nSPS) is 10.2. The van der Waals surface area contributed by atoms with E-state index in [4.69, 9.17) is 11.1 Å². The summed E-state index contributed by atoms with van der Waals surface area (Å²) in [4.78, 5) is 2.19. The van der Waals surface area contributed by atoms with Crippen LogP contribution in [-0.4, -0.2) is 18.9 Å². The van der Waals surface area contributed by atoms with E-state index < -0.39 is 0 Å². The quantitative estimate of drug-likeness (QED) is 0.435. The molecule has 0 radical (unpaired) electrons. The number of nitrogens with two attached hydrogens (primary N) is 1. The lowest BCUT2D eigenvalue weighted by molar-refractivity contribution is 0.627. The van der Waals surface area contributed by atoms with Gasteiger partial charge < -0.3 is 10.6 Å². The smallest absolute Gasteiger partial charge is 0.123 e. The largest absolute Gasteiger partial charge is 0.388 e. The van der Waals surface area contributed by atoms with Crippen LogP contribution in [0.5, 0.6) is 0 Å². The van der Waals surface area contributed by atoms with E-state index in [0.29, 0.717) is 6.42 Å². The van der Waals surface area contributed by atoms with Crippen molar-refractivity contribution >= 4 is 11.5 Å². The highest BCUT2D eigenvalue weighted by Gasteiger charge is 2.04. The Balaban J connectivity index is 2.43. The summed E-state index contributed by atoms with van der Waals surface area (Å²) in [5.74, 6) is 0.0382. The Morgan fingerprint density at radius 2 is 1.94 bits per heavy atom. The summed E-state index contributed by atoms with van der Waals surface area (Å²) >= 11 is 0. The van der Waals surface area contributed by atoms with Gasteiger partial charge in [0.05, 0.1) is 5.84 Å². The predicted molar refractivity (Wildman–Crippen MR) is 70.1 cm³/mol. The number of nitrogens with zero attached hydrogens (tertiary/aromatic N) is 1. The zero-order valence-corrected chi connectivity index (χ0v) is 10.2. The third kappa shape index (κ3) is 4.85.